The number of hydrogen-bond donors (Lipinski definition) is 1. The van der Waals surface area contributed by atoms with Crippen molar-refractivity contribution in [1.29, 1.82) is 0 Å². The molecule has 0 aromatic heterocycles. The molecular weight excluding hydrogens is 253 g/mol. The molecule has 0 aliphatic carbocycles. The summed E-state index contributed by atoms with van der Waals surface area (Å²) < 4.78 is 32.4. The van der Waals surface area contributed by atoms with E-state index in [0.717, 1.165) is 5.39 Å². The summed E-state index contributed by atoms with van der Waals surface area (Å²) in [7, 11) is -4.42. The van der Waals surface area contributed by atoms with Gasteiger partial charge in [0.15, 0.2) is 0 Å². The molecule has 0 spiro atoms. The molecule has 0 saturated heterocycles. The number of nitrogen functional groups attached to an aromatic ring is 1. The van der Waals surface area contributed by atoms with Crippen LogP contribution < -0.4 is 57.1 Å². The fraction of sp³-hybridized carbons (Fsp3) is 0. The molecule has 0 radical (unpaired) electrons. The van der Waals surface area contributed by atoms with E-state index in [9.17, 15) is 13.0 Å². The minimum atomic E-state index is -4.42. The summed E-state index contributed by atoms with van der Waals surface area (Å²) >= 11 is 0. The van der Waals surface area contributed by atoms with Crippen molar-refractivity contribution >= 4 is 26.6 Å². The molecule has 4 nitrogen and oxygen atoms in total. The fourth-order valence-electron chi connectivity index (χ4n) is 1.43. The van der Waals surface area contributed by atoms with Crippen LogP contribution in [-0.2, 0) is 10.1 Å². The van der Waals surface area contributed by atoms with Gasteiger partial charge >= 0.3 is 51.4 Å². The van der Waals surface area contributed by atoms with Crippen molar-refractivity contribution in [3.8, 4) is 0 Å². The first-order valence-corrected chi connectivity index (χ1v) is 5.63. The smallest absolute Gasteiger partial charge is 0.744 e. The van der Waals surface area contributed by atoms with Crippen LogP contribution in [0.3, 0.4) is 0 Å². The SMILES string of the molecule is Nc1cccc2ccc(S(=O)(=O)[O-])cc12.[K+]. The second-order valence-corrected chi connectivity index (χ2v) is 4.56. The Morgan fingerprint density at radius 1 is 1.12 bits per heavy atom. The Hall–Kier alpha value is 0.0464. The van der Waals surface area contributed by atoms with Crippen molar-refractivity contribution in [2.75, 3.05) is 5.73 Å². The molecule has 2 aromatic carbocycles. The molecule has 0 amide bonds. The van der Waals surface area contributed by atoms with Gasteiger partial charge < -0.3 is 10.3 Å². The Morgan fingerprint density at radius 3 is 2.44 bits per heavy atom. The monoisotopic (exact) mass is 261 g/mol. The van der Waals surface area contributed by atoms with Crippen molar-refractivity contribution in [2.45, 2.75) is 4.90 Å². The minimum Gasteiger partial charge on any atom is -0.744 e. The van der Waals surface area contributed by atoms with Gasteiger partial charge in [-0.1, -0.05) is 18.2 Å². The summed E-state index contributed by atoms with van der Waals surface area (Å²) in [5.41, 5.74) is 6.13. The van der Waals surface area contributed by atoms with Gasteiger partial charge in [0.2, 0.25) is 0 Å². The standard InChI is InChI=1S/C10H9NO3S.K/c11-10-3-1-2-7-4-5-8(6-9(7)10)15(12,13)14;/h1-6H,11H2,(H,12,13,14);/q;+1/p-1. The molecule has 2 aromatic rings. The van der Waals surface area contributed by atoms with Gasteiger partial charge in [0.1, 0.15) is 10.1 Å². The summed E-state index contributed by atoms with van der Waals surface area (Å²) in [5, 5.41) is 1.39. The van der Waals surface area contributed by atoms with E-state index >= 15 is 0 Å². The van der Waals surface area contributed by atoms with E-state index in [1.165, 1.54) is 12.1 Å². The summed E-state index contributed by atoms with van der Waals surface area (Å²) in [5.74, 6) is 0. The van der Waals surface area contributed by atoms with Crippen molar-refractivity contribution in [3.05, 3.63) is 36.4 Å². The zero-order valence-corrected chi connectivity index (χ0v) is 12.6. The van der Waals surface area contributed by atoms with Gasteiger partial charge in [-0.2, -0.15) is 0 Å². The molecule has 2 N–H and O–H groups in total. The van der Waals surface area contributed by atoms with Crippen LogP contribution in [0.1, 0.15) is 0 Å². The number of fused-ring (bicyclic) bond motifs is 1. The molecule has 6 heteroatoms. The van der Waals surface area contributed by atoms with Crippen LogP contribution in [0.15, 0.2) is 41.3 Å². The number of hydrogen-bond acceptors (Lipinski definition) is 4. The normalized spacial score (nSPS) is 11.1. The third kappa shape index (κ3) is 2.83. The van der Waals surface area contributed by atoms with E-state index in [-0.39, 0.29) is 56.3 Å². The van der Waals surface area contributed by atoms with E-state index in [1.807, 2.05) is 0 Å². The van der Waals surface area contributed by atoms with Gasteiger partial charge in [-0.3, -0.25) is 0 Å². The van der Waals surface area contributed by atoms with Gasteiger partial charge in [-0.15, -0.1) is 0 Å². The Morgan fingerprint density at radius 2 is 1.81 bits per heavy atom. The predicted octanol–water partition coefficient (Wildman–Crippen LogP) is -1.67. The largest absolute Gasteiger partial charge is 1.00 e. The quantitative estimate of drug-likeness (QED) is 0.378. The molecule has 0 aliphatic heterocycles. The molecule has 0 saturated carbocycles. The first kappa shape index (κ1) is 14.1. The molecular formula is C10H8KNO3S. The molecule has 0 fully saturated rings. The first-order chi connectivity index (χ1) is 6.98. The Balaban J connectivity index is 0.00000128. The van der Waals surface area contributed by atoms with Crippen LogP contribution >= 0.6 is 0 Å². The van der Waals surface area contributed by atoms with E-state index < -0.39 is 10.1 Å². The first-order valence-electron chi connectivity index (χ1n) is 4.22. The summed E-state index contributed by atoms with van der Waals surface area (Å²) in [6.45, 7) is 0. The van der Waals surface area contributed by atoms with E-state index in [4.69, 9.17) is 5.73 Å². The van der Waals surface area contributed by atoms with Crippen molar-refractivity contribution in [2.24, 2.45) is 0 Å². The summed E-state index contributed by atoms with van der Waals surface area (Å²) in [6, 6.07) is 9.37. The molecule has 16 heavy (non-hydrogen) atoms. The average Bonchev–Trinajstić information content (AvgIpc) is 2.16. The zero-order chi connectivity index (χ0) is 11.1. The zero-order valence-electron chi connectivity index (χ0n) is 8.67. The van der Waals surface area contributed by atoms with Gasteiger partial charge in [-0.05, 0) is 23.6 Å². The fourth-order valence-corrected chi connectivity index (χ4v) is 1.93. The molecule has 2 rings (SSSR count). The third-order valence-corrected chi connectivity index (χ3v) is 3.01. The van der Waals surface area contributed by atoms with E-state index in [0.29, 0.717) is 11.1 Å². The Bertz CT molecular complexity index is 625. The van der Waals surface area contributed by atoms with Gasteiger partial charge in [0, 0.05) is 11.1 Å². The van der Waals surface area contributed by atoms with E-state index in [2.05, 4.69) is 0 Å². The molecule has 78 valence electrons. The molecule has 0 unspecified atom stereocenters. The summed E-state index contributed by atoms with van der Waals surface area (Å²) in [6.07, 6.45) is 0. The molecule has 0 heterocycles. The topological polar surface area (TPSA) is 83.2 Å². The van der Waals surface area contributed by atoms with Crippen LogP contribution in [0.2, 0.25) is 0 Å². The number of benzene rings is 2. The molecule has 0 aliphatic rings. The second-order valence-electron chi connectivity index (χ2n) is 3.18. The van der Waals surface area contributed by atoms with Crippen LogP contribution in [0, 0.1) is 0 Å². The minimum absolute atomic E-state index is 0. The second kappa shape index (κ2) is 5.13. The number of rotatable bonds is 1. The van der Waals surface area contributed by atoms with Gasteiger partial charge in [-0.25, -0.2) is 8.42 Å². The van der Waals surface area contributed by atoms with Crippen LogP contribution in [0.5, 0.6) is 0 Å². The molecule has 0 bridgehead atoms. The maximum absolute atomic E-state index is 10.8. The number of nitrogens with two attached hydrogens (primary N) is 1. The van der Waals surface area contributed by atoms with Gasteiger partial charge in [0.25, 0.3) is 0 Å². The Kier molecular flexibility index (Phi) is 4.53. The average molecular weight is 261 g/mol. The van der Waals surface area contributed by atoms with Crippen molar-refractivity contribution in [3.63, 3.8) is 0 Å². The van der Waals surface area contributed by atoms with Crippen LogP contribution in [-0.4, -0.2) is 13.0 Å². The number of anilines is 1. The maximum atomic E-state index is 10.8. The van der Waals surface area contributed by atoms with Crippen molar-refractivity contribution in [1.82, 2.24) is 0 Å². The van der Waals surface area contributed by atoms with Gasteiger partial charge in [0.05, 0.1) is 4.90 Å². The third-order valence-electron chi connectivity index (χ3n) is 2.18. The summed E-state index contributed by atoms with van der Waals surface area (Å²) in [4.78, 5) is -0.257. The Labute approximate surface area is 136 Å². The van der Waals surface area contributed by atoms with Crippen LogP contribution in [0.4, 0.5) is 5.69 Å². The maximum Gasteiger partial charge on any atom is 1.00 e. The van der Waals surface area contributed by atoms with Crippen molar-refractivity contribution < 1.29 is 64.4 Å². The van der Waals surface area contributed by atoms with Crippen LogP contribution in [0.25, 0.3) is 10.8 Å². The predicted molar refractivity (Wildman–Crippen MR) is 56.3 cm³/mol. The van der Waals surface area contributed by atoms with E-state index in [1.54, 1.807) is 24.3 Å². The molecule has 0 atom stereocenters.